The number of fused-ring (bicyclic) bond motifs is 1. The Bertz CT molecular complexity index is 604. The topological polar surface area (TPSA) is 48.1 Å². The maximum atomic E-state index is 13.2. The van der Waals surface area contributed by atoms with Gasteiger partial charge in [-0.3, -0.25) is 4.79 Å². The minimum Gasteiger partial charge on any atom is -0.350 e. The molecule has 0 fully saturated rings. The van der Waals surface area contributed by atoms with Crippen molar-refractivity contribution in [1.82, 2.24) is 15.2 Å². The second-order valence-corrected chi connectivity index (χ2v) is 4.87. The lowest BCUT2D eigenvalue weighted by Crippen LogP contribution is -2.31. The predicted octanol–water partition coefficient (Wildman–Crippen LogP) is 1.91. The number of aryl methyl sites for hydroxylation is 1. The standard InChI is InChI=1S/C14H18FN3O/c1-9-11-8-10(15)4-5-12(11)17-13(9)14(19)16-6-7-18(2)3/h4-5,8,17H,6-7H2,1-3H3,(H,16,19). The van der Waals surface area contributed by atoms with Gasteiger partial charge in [-0.15, -0.1) is 0 Å². The van der Waals surface area contributed by atoms with Crippen molar-refractivity contribution in [3.63, 3.8) is 0 Å². The molecule has 1 amide bonds. The van der Waals surface area contributed by atoms with E-state index in [0.29, 0.717) is 12.2 Å². The fourth-order valence-corrected chi connectivity index (χ4v) is 2.01. The Balaban J connectivity index is 2.20. The van der Waals surface area contributed by atoms with Crippen LogP contribution in [0.3, 0.4) is 0 Å². The highest BCUT2D eigenvalue weighted by molar-refractivity contribution is 6.00. The molecule has 1 aromatic heterocycles. The third-order valence-electron chi connectivity index (χ3n) is 3.09. The van der Waals surface area contributed by atoms with Gasteiger partial charge in [-0.2, -0.15) is 0 Å². The minimum atomic E-state index is -0.297. The average molecular weight is 263 g/mol. The lowest BCUT2D eigenvalue weighted by atomic mass is 10.1. The number of carbonyl (C=O) groups excluding carboxylic acids is 1. The summed E-state index contributed by atoms with van der Waals surface area (Å²) in [6.07, 6.45) is 0. The molecule has 2 N–H and O–H groups in total. The van der Waals surface area contributed by atoms with Gasteiger partial charge in [0, 0.05) is 24.0 Å². The molecule has 0 aliphatic carbocycles. The molecule has 1 aromatic carbocycles. The number of aromatic amines is 1. The summed E-state index contributed by atoms with van der Waals surface area (Å²) in [5.41, 5.74) is 2.05. The average Bonchev–Trinajstić information content (AvgIpc) is 2.66. The summed E-state index contributed by atoms with van der Waals surface area (Å²) in [7, 11) is 3.90. The number of benzene rings is 1. The molecule has 5 heteroatoms. The zero-order valence-corrected chi connectivity index (χ0v) is 11.4. The molecule has 1 heterocycles. The highest BCUT2D eigenvalue weighted by Crippen LogP contribution is 2.22. The van der Waals surface area contributed by atoms with E-state index in [0.717, 1.165) is 23.0 Å². The SMILES string of the molecule is Cc1c(C(=O)NCCN(C)C)[nH]c2ccc(F)cc12. The van der Waals surface area contributed by atoms with Crippen molar-refractivity contribution in [2.45, 2.75) is 6.92 Å². The fraction of sp³-hybridized carbons (Fsp3) is 0.357. The molecule has 0 saturated heterocycles. The number of aromatic nitrogens is 1. The second-order valence-electron chi connectivity index (χ2n) is 4.87. The third kappa shape index (κ3) is 2.93. The van der Waals surface area contributed by atoms with E-state index in [2.05, 4.69) is 10.3 Å². The highest BCUT2D eigenvalue weighted by atomic mass is 19.1. The van der Waals surface area contributed by atoms with Gasteiger partial charge < -0.3 is 15.2 Å². The molecule has 0 aliphatic rings. The largest absolute Gasteiger partial charge is 0.350 e. The molecule has 0 aliphatic heterocycles. The second kappa shape index (κ2) is 5.40. The lowest BCUT2D eigenvalue weighted by Gasteiger charge is -2.10. The number of hydrogen-bond acceptors (Lipinski definition) is 2. The number of H-pyrrole nitrogens is 1. The van der Waals surface area contributed by atoms with Crippen LogP contribution in [0.4, 0.5) is 4.39 Å². The fourth-order valence-electron chi connectivity index (χ4n) is 2.01. The molecule has 102 valence electrons. The van der Waals surface area contributed by atoms with Gasteiger partial charge in [0.1, 0.15) is 11.5 Å². The van der Waals surface area contributed by atoms with Gasteiger partial charge in [-0.1, -0.05) is 0 Å². The van der Waals surface area contributed by atoms with Gasteiger partial charge in [0.2, 0.25) is 0 Å². The maximum Gasteiger partial charge on any atom is 0.268 e. The lowest BCUT2D eigenvalue weighted by molar-refractivity contribution is 0.0946. The number of hydrogen-bond donors (Lipinski definition) is 2. The zero-order valence-electron chi connectivity index (χ0n) is 11.4. The van der Waals surface area contributed by atoms with Crippen LogP contribution in [-0.2, 0) is 0 Å². The van der Waals surface area contributed by atoms with Crippen molar-refractivity contribution in [2.24, 2.45) is 0 Å². The maximum absolute atomic E-state index is 13.2. The smallest absolute Gasteiger partial charge is 0.268 e. The van der Waals surface area contributed by atoms with Gasteiger partial charge in [-0.25, -0.2) is 4.39 Å². The molecule has 0 spiro atoms. The summed E-state index contributed by atoms with van der Waals surface area (Å²) in [5, 5.41) is 3.59. The Labute approximate surface area is 111 Å². The van der Waals surface area contributed by atoms with Crippen molar-refractivity contribution in [3.05, 3.63) is 35.3 Å². The van der Waals surface area contributed by atoms with Crippen molar-refractivity contribution in [2.75, 3.05) is 27.2 Å². The van der Waals surface area contributed by atoms with E-state index in [1.54, 1.807) is 6.07 Å². The summed E-state index contributed by atoms with van der Waals surface area (Å²) in [4.78, 5) is 17.1. The van der Waals surface area contributed by atoms with E-state index in [-0.39, 0.29) is 11.7 Å². The molecule has 0 bridgehead atoms. The van der Waals surface area contributed by atoms with Crippen LogP contribution in [0.5, 0.6) is 0 Å². The van der Waals surface area contributed by atoms with Crippen molar-refractivity contribution in [1.29, 1.82) is 0 Å². The minimum absolute atomic E-state index is 0.157. The molecule has 0 unspecified atom stereocenters. The van der Waals surface area contributed by atoms with Crippen LogP contribution in [-0.4, -0.2) is 43.0 Å². The number of rotatable bonds is 4. The summed E-state index contributed by atoms with van der Waals surface area (Å²) in [6.45, 7) is 3.17. The summed E-state index contributed by atoms with van der Waals surface area (Å²) in [6, 6.07) is 4.47. The zero-order chi connectivity index (χ0) is 14.0. The predicted molar refractivity (Wildman–Crippen MR) is 73.9 cm³/mol. The summed E-state index contributed by atoms with van der Waals surface area (Å²) in [5.74, 6) is -0.454. The number of halogens is 1. The normalized spacial score (nSPS) is 11.2. The highest BCUT2D eigenvalue weighted by Gasteiger charge is 2.14. The molecule has 19 heavy (non-hydrogen) atoms. The van der Waals surface area contributed by atoms with E-state index in [1.165, 1.54) is 12.1 Å². The van der Waals surface area contributed by atoms with Crippen molar-refractivity contribution >= 4 is 16.8 Å². The van der Waals surface area contributed by atoms with Gasteiger partial charge in [0.25, 0.3) is 5.91 Å². The monoisotopic (exact) mass is 263 g/mol. The van der Waals surface area contributed by atoms with Crippen LogP contribution >= 0.6 is 0 Å². The van der Waals surface area contributed by atoms with E-state index in [9.17, 15) is 9.18 Å². The van der Waals surface area contributed by atoms with E-state index in [4.69, 9.17) is 0 Å². The molecular weight excluding hydrogens is 245 g/mol. The van der Waals surface area contributed by atoms with Gasteiger partial charge in [-0.05, 0) is 44.8 Å². The van der Waals surface area contributed by atoms with Crippen LogP contribution < -0.4 is 5.32 Å². The molecule has 4 nitrogen and oxygen atoms in total. The summed E-state index contributed by atoms with van der Waals surface area (Å²) < 4.78 is 13.2. The number of likely N-dealkylation sites (N-methyl/N-ethyl adjacent to an activating group) is 1. The van der Waals surface area contributed by atoms with E-state index in [1.807, 2.05) is 25.9 Å². The van der Waals surface area contributed by atoms with E-state index >= 15 is 0 Å². The molecule has 2 aromatic rings. The van der Waals surface area contributed by atoms with Crippen LogP contribution in [0.15, 0.2) is 18.2 Å². The first-order valence-corrected chi connectivity index (χ1v) is 6.20. The molecule has 0 radical (unpaired) electrons. The molecule has 0 atom stereocenters. The number of nitrogens with one attached hydrogen (secondary N) is 2. The Morgan fingerprint density at radius 3 is 2.84 bits per heavy atom. The van der Waals surface area contributed by atoms with Gasteiger partial charge >= 0.3 is 0 Å². The van der Waals surface area contributed by atoms with Crippen LogP contribution in [0, 0.1) is 12.7 Å². The van der Waals surface area contributed by atoms with Crippen LogP contribution in [0.2, 0.25) is 0 Å². The molecule has 0 saturated carbocycles. The Hall–Kier alpha value is -1.88. The summed E-state index contributed by atoms with van der Waals surface area (Å²) >= 11 is 0. The first-order chi connectivity index (χ1) is 8.99. The first kappa shape index (κ1) is 13.5. The Morgan fingerprint density at radius 2 is 2.16 bits per heavy atom. The van der Waals surface area contributed by atoms with E-state index < -0.39 is 0 Å². The van der Waals surface area contributed by atoms with Crippen molar-refractivity contribution in [3.8, 4) is 0 Å². The molecule has 2 rings (SSSR count). The first-order valence-electron chi connectivity index (χ1n) is 6.20. The molecular formula is C14H18FN3O. The third-order valence-corrected chi connectivity index (χ3v) is 3.09. The van der Waals surface area contributed by atoms with Crippen molar-refractivity contribution < 1.29 is 9.18 Å². The number of amides is 1. The van der Waals surface area contributed by atoms with Crippen LogP contribution in [0.1, 0.15) is 16.1 Å². The van der Waals surface area contributed by atoms with Gasteiger partial charge in [0.15, 0.2) is 0 Å². The Kier molecular flexibility index (Phi) is 3.85. The Morgan fingerprint density at radius 1 is 1.42 bits per heavy atom. The van der Waals surface area contributed by atoms with Gasteiger partial charge in [0.05, 0.1) is 0 Å². The number of nitrogens with zero attached hydrogens (tertiary/aromatic N) is 1. The van der Waals surface area contributed by atoms with Crippen LogP contribution in [0.25, 0.3) is 10.9 Å². The number of carbonyl (C=O) groups is 1. The quantitative estimate of drug-likeness (QED) is 0.885.